The number of nitrogens with one attached hydrogen (secondary N) is 1. The third-order valence-corrected chi connectivity index (χ3v) is 4.29. The second-order valence-electron chi connectivity index (χ2n) is 5.78. The Balaban J connectivity index is 2.22. The summed E-state index contributed by atoms with van der Waals surface area (Å²) in [4.78, 5) is 0. The Hall–Kier alpha value is 0.100. The minimum absolute atomic E-state index is 0.0664. The lowest BCUT2D eigenvalue weighted by Gasteiger charge is -2.31. The number of hydrogen-bond donors (Lipinski definition) is 1. The molecule has 1 nitrogen and oxygen atoms in total. The fraction of sp³-hybridized carbons (Fsp3) is 1.00. The lowest BCUT2D eigenvalue weighted by atomic mass is 9.78. The predicted molar refractivity (Wildman–Crippen MR) is 71.7 cm³/mol. The van der Waals surface area contributed by atoms with E-state index in [9.17, 15) is 13.2 Å². The summed E-state index contributed by atoms with van der Waals surface area (Å²) in [6.07, 6.45) is 6.18. The van der Waals surface area contributed by atoms with Crippen LogP contribution in [0.15, 0.2) is 0 Å². The molecule has 0 aromatic carbocycles. The summed E-state index contributed by atoms with van der Waals surface area (Å²) >= 11 is 0.0664. The van der Waals surface area contributed by atoms with Gasteiger partial charge in [0.1, 0.15) is 0 Å². The molecule has 5 heteroatoms. The number of hydrogen-bond acceptors (Lipinski definition) is 2. The predicted octanol–water partition coefficient (Wildman–Crippen LogP) is 4.44. The molecular formula is C13H24F3NS. The minimum atomic E-state index is -4.09. The first kappa shape index (κ1) is 16.2. The third kappa shape index (κ3) is 6.32. The summed E-state index contributed by atoms with van der Waals surface area (Å²) in [6.45, 7) is 5.77. The zero-order chi connectivity index (χ0) is 13.6. The van der Waals surface area contributed by atoms with E-state index in [-0.39, 0.29) is 17.5 Å². The first-order valence-electron chi connectivity index (χ1n) is 6.74. The Morgan fingerprint density at radius 3 is 2.33 bits per heavy atom. The molecule has 1 saturated carbocycles. The summed E-state index contributed by atoms with van der Waals surface area (Å²) in [5.74, 6) is 0.774. The fourth-order valence-electron chi connectivity index (χ4n) is 3.04. The van der Waals surface area contributed by atoms with E-state index in [0.717, 1.165) is 6.54 Å². The largest absolute Gasteiger partial charge is 0.441 e. The highest BCUT2D eigenvalue weighted by Crippen LogP contribution is 2.42. The van der Waals surface area contributed by atoms with Crippen molar-refractivity contribution in [1.82, 2.24) is 5.32 Å². The van der Waals surface area contributed by atoms with Crippen LogP contribution in [-0.4, -0.2) is 24.4 Å². The molecule has 0 spiro atoms. The topological polar surface area (TPSA) is 12.0 Å². The van der Waals surface area contributed by atoms with Gasteiger partial charge in [0.15, 0.2) is 0 Å². The second kappa shape index (κ2) is 7.04. The van der Waals surface area contributed by atoms with Crippen LogP contribution in [-0.2, 0) is 0 Å². The molecule has 0 aromatic rings. The smallest absolute Gasteiger partial charge is 0.315 e. The van der Waals surface area contributed by atoms with Gasteiger partial charge in [-0.25, -0.2) is 0 Å². The Morgan fingerprint density at radius 1 is 1.22 bits per heavy atom. The Labute approximate surface area is 112 Å². The average Bonchev–Trinajstić information content (AvgIpc) is 2.63. The van der Waals surface area contributed by atoms with Crippen LogP contribution in [0.3, 0.4) is 0 Å². The molecular weight excluding hydrogens is 259 g/mol. The number of rotatable bonds is 7. The van der Waals surface area contributed by atoms with Crippen molar-refractivity contribution in [2.45, 2.75) is 51.5 Å². The van der Waals surface area contributed by atoms with Gasteiger partial charge in [-0.1, -0.05) is 26.7 Å². The Morgan fingerprint density at radius 2 is 1.83 bits per heavy atom. The van der Waals surface area contributed by atoms with Crippen LogP contribution >= 0.6 is 11.8 Å². The van der Waals surface area contributed by atoms with Gasteiger partial charge in [0.05, 0.1) is 0 Å². The quantitative estimate of drug-likeness (QED) is 0.693. The van der Waals surface area contributed by atoms with Crippen molar-refractivity contribution in [3.63, 3.8) is 0 Å². The van der Waals surface area contributed by atoms with Gasteiger partial charge in [-0.2, -0.15) is 13.2 Å². The van der Waals surface area contributed by atoms with Gasteiger partial charge in [-0.3, -0.25) is 0 Å². The molecule has 0 amide bonds. The van der Waals surface area contributed by atoms with E-state index in [1.165, 1.54) is 32.1 Å². The lowest BCUT2D eigenvalue weighted by molar-refractivity contribution is -0.0327. The van der Waals surface area contributed by atoms with Crippen molar-refractivity contribution in [2.24, 2.45) is 11.3 Å². The van der Waals surface area contributed by atoms with E-state index in [2.05, 4.69) is 19.2 Å². The van der Waals surface area contributed by atoms with Crippen LogP contribution in [0, 0.1) is 11.3 Å². The lowest BCUT2D eigenvalue weighted by Crippen LogP contribution is -2.34. The van der Waals surface area contributed by atoms with Crippen molar-refractivity contribution in [2.75, 3.05) is 18.8 Å². The maximum atomic E-state index is 12.0. The zero-order valence-corrected chi connectivity index (χ0v) is 12.1. The monoisotopic (exact) mass is 283 g/mol. The molecule has 0 atom stereocenters. The zero-order valence-electron chi connectivity index (χ0n) is 11.3. The first-order chi connectivity index (χ1) is 8.33. The van der Waals surface area contributed by atoms with E-state index >= 15 is 0 Å². The standard InChI is InChI=1S/C13H24F3NS/c1-11(2)9-12(5-3-4-6-12)10-17-7-8-18-13(14,15)16/h11,17H,3-10H2,1-2H3. The first-order valence-corrected chi connectivity index (χ1v) is 7.73. The van der Waals surface area contributed by atoms with Gasteiger partial charge < -0.3 is 5.32 Å². The van der Waals surface area contributed by atoms with Crippen molar-refractivity contribution >= 4 is 11.8 Å². The molecule has 108 valence electrons. The van der Waals surface area contributed by atoms with Gasteiger partial charge in [-0.15, -0.1) is 0 Å². The molecule has 0 bridgehead atoms. The normalized spacial score (nSPS) is 19.7. The van der Waals surface area contributed by atoms with Crippen molar-refractivity contribution in [3.05, 3.63) is 0 Å². The summed E-state index contributed by atoms with van der Waals surface area (Å²) in [6, 6.07) is 0. The van der Waals surface area contributed by atoms with Crippen LogP contribution in [0.5, 0.6) is 0 Å². The van der Waals surface area contributed by atoms with Crippen LogP contribution in [0.1, 0.15) is 46.0 Å². The number of alkyl halides is 3. The minimum Gasteiger partial charge on any atom is -0.315 e. The summed E-state index contributed by atoms with van der Waals surface area (Å²) in [5, 5.41) is 3.23. The van der Waals surface area contributed by atoms with E-state index in [1.807, 2.05) is 0 Å². The maximum absolute atomic E-state index is 12.0. The van der Waals surface area contributed by atoms with Gasteiger partial charge in [-0.05, 0) is 42.4 Å². The van der Waals surface area contributed by atoms with Gasteiger partial charge in [0, 0.05) is 18.8 Å². The van der Waals surface area contributed by atoms with Crippen molar-refractivity contribution < 1.29 is 13.2 Å². The SMILES string of the molecule is CC(C)CC1(CNCCSC(F)(F)F)CCCC1. The molecule has 1 rings (SSSR count). The molecule has 1 N–H and O–H groups in total. The molecule has 0 aromatic heterocycles. The average molecular weight is 283 g/mol. The van der Waals surface area contributed by atoms with Crippen molar-refractivity contribution in [1.29, 1.82) is 0 Å². The molecule has 1 fully saturated rings. The second-order valence-corrected chi connectivity index (χ2v) is 6.94. The highest BCUT2D eigenvalue weighted by molar-refractivity contribution is 8.00. The molecule has 0 heterocycles. The van der Waals surface area contributed by atoms with Crippen LogP contribution < -0.4 is 5.32 Å². The Kier molecular flexibility index (Phi) is 6.31. The van der Waals surface area contributed by atoms with E-state index in [0.29, 0.717) is 17.9 Å². The highest BCUT2D eigenvalue weighted by atomic mass is 32.2. The van der Waals surface area contributed by atoms with Crippen molar-refractivity contribution in [3.8, 4) is 0 Å². The van der Waals surface area contributed by atoms with Crippen LogP contribution in [0.4, 0.5) is 13.2 Å². The molecule has 0 unspecified atom stereocenters. The molecule has 18 heavy (non-hydrogen) atoms. The summed E-state index contributed by atoms with van der Waals surface area (Å²) < 4.78 is 35.9. The number of thioether (sulfide) groups is 1. The van der Waals surface area contributed by atoms with E-state index in [4.69, 9.17) is 0 Å². The third-order valence-electron chi connectivity index (χ3n) is 3.55. The summed E-state index contributed by atoms with van der Waals surface area (Å²) in [7, 11) is 0. The summed E-state index contributed by atoms with van der Waals surface area (Å²) in [5.41, 5.74) is -3.75. The fourth-order valence-corrected chi connectivity index (χ4v) is 3.51. The highest BCUT2D eigenvalue weighted by Gasteiger charge is 2.34. The maximum Gasteiger partial charge on any atom is 0.441 e. The molecule has 0 radical (unpaired) electrons. The van der Waals surface area contributed by atoms with Crippen LogP contribution in [0.25, 0.3) is 0 Å². The molecule has 1 aliphatic carbocycles. The van der Waals surface area contributed by atoms with Crippen LogP contribution in [0.2, 0.25) is 0 Å². The number of halogens is 3. The molecule has 0 aliphatic heterocycles. The molecule has 0 saturated heterocycles. The van der Waals surface area contributed by atoms with Gasteiger partial charge >= 0.3 is 5.51 Å². The van der Waals surface area contributed by atoms with Gasteiger partial charge in [0.2, 0.25) is 0 Å². The molecule has 1 aliphatic rings. The Bertz CT molecular complexity index is 235. The van der Waals surface area contributed by atoms with Gasteiger partial charge in [0.25, 0.3) is 0 Å². The van der Waals surface area contributed by atoms with E-state index < -0.39 is 5.51 Å². The van der Waals surface area contributed by atoms with E-state index in [1.54, 1.807) is 0 Å².